The molecule has 1 aromatic heterocycles. The average Bonchev–Trinajstić information content (AvgIpc) is 2.89. The van der Waals surface area contributed by atoms with E-state index in [0.717, 1.165) is 27.8 Å². The Bertz CT molecular complexity index is 889. The van der Waals surface area contributed by atoms with Gasteiger partial charge in [0.1, 0.15) is 19.0 Å². The van der Waals surface area contributed by atoms with E-state index in [2.05, 4.69) is 10.3 Å². The van der Waals surface area contributed by atoms with E-state index in [1.54, 1.807) is 4.57 Å². The summed E-state index contributed by atoms with van der Waals surface area (Å²) in [5.41, 5.74) is 5.72. The summed E-state index contributed by atoms with van der Waals surface area (Å²) in [6.45, 7) is 5.92. The molecule has 0 saturated heterocycles. The molecule has 1 heterocycles. The molecule has 24 heavy (non-hydrogen) atoms. The van der Waals surface area contributed by atoms with E-state index >= 15 is 0 Å². The smallest absolute Gasteiger partial charge is 0.244 e. The Morgan fingerprint density at radius 3 is 2.50 bits per heavy atom. The van der Waals surface area contributed by atoms with Crippen molar-refractivity contribution in [3.63, 3.8) is 0 Å². The summed E-state index contributed by atoms with van der Waals surface area (Å²) >= 11 is 0. The van der Waals surface area contributed by atoms with Crippen LogP contribution in [0.1, 0.15) is 22.5 Å². The first-order chi connectivity index (χ1) is 11.5. The van der Waals surface area contributed by atoms with E-state index < -0.39 is 0 Å². The van der Waals surface area contributed by atoms with Gasteiger partial charge in [-0.1, -0.05) is 29.8 Å². The second kappa shape index (κ2) is 6.45. The van der Waals surface area contributed by atoms with Gasteiger partial charge in [0.05, 0.1) is 11.0 Å². The minimum Gasteiger partial charge on any atom is -0.388 e. The highest BCUT2D eigenvalue weighted by Crippen LogP contribution is 2.22. The van der Waals surface area contributed by atoms with Gasteiger partial charge in [-0.3, -0.25) is 4.79 Å². The molecule has 0 aliphatic rings. The molecule has 0 aliphatic carbocycles. The number of nitrogens with zero attached hydrogens (tertiary/aromatic N) is 2. The number of aryl methyl sites for hydroxylation is 3. The first-order valence-electron chi connectivity index (χ1n) is 7.92. The first-order valence-corrected chi connectivity index (χ1v) is 7.92. The Morgan fingerprint density at radius 2 is 1.83 bits per heavy atom. The van der Waals surface area contributed by atoms with Crippen LogP contribution in [0.4, 0.5) is 5.69 Å². The zero-order valence-electron chi connectivity index (χ0n) is 14.1. The lowest BCUT2D eigenvalue weighted by molar-refractivity contribution is -0.116. The predicted molar refractivity (Wildman–Crippen MR) is 94.9 cm³/mol. The van der Waals surface area contributed by atoms with Gasteiger partial charge in [0.15, 0.2) is 0 Å². The van der Waals surface area contributed by atoms with Crippen molar-refractivity contribution >= 4 is 22.6 Å². The summed E-state index contributed by atoms with van der Waals surface area (Å²) in [6, 6.07) is 11.7. The van der Waals surface area contributed by atoms with Crippen molar-refractivity contribution < 1.29 is 9.90 Å². The molecule has 0 atom stereocenters. The lowest BCUT2D eigenvalue weighted by atomic mass is 10.1. The second-order valence-electron chi connectivity index (χ2n) is 6.08. The SMILES string of the molecule is Cc1cc(C)c(NC(=O)Cn2c(CO)nc3ccccc32)c(C)c1. The second-order valence-corrected chi connectivity index (χ2v) is 6.08. The topological polar surface area (TPSA) is 67.2 Å². The number of aliphatic hydroxyl groups is 1. The van der Waals surface area contributed by atoms with Gasteiger partial charge >= 0.3 is 0 Å². The molecule has 1 amide bonds. The zero-order chi connectivity index (χ0) is 17.3. The highest BCUT2D eigenvalue weighted by molar-refractivity contribution is 5.93. The predicted octanol–water partition coefficient (Wildman–Crippen LogP) is 3.09. The lowest BCUT2D eigenvalue weighted by Gasteiger charge is -2.14. The third-order valence-electron chi connectivity index (χ3n) is 4.12. The van der Waals surface area contributed by atoms with E-state index in [9.17, 15) is 9.90 Å². The zero-order valence-corrected chi connectivity index (χ0v) is 14.1. The molecule has 0 aliphatic heterocycles. The standard InChI is InChI=1S/C19H21N3O2/c1-12-8-13(2)19(14(3)9-12)21-18(24)10-22-16-7-5-4-6-15(16)20-17(22)11-23/h4-9,23H,10-11H2,1-3H3,(H,21,24). The molecule has 3 aromatic rings. The van der Waals surface area contributed by atoms with Gasteiger partial charge in [-0.25, -0.2) is 4.98 Å². The largest absolute Gasteiger partial charge is 0.388 e. The molecule has 124 valence electrons. The normalized spacial score (nSPS) is 11.0. The van der Waals surface area contributed by atoms with Gasteiger partial charge in [0.2, 0.25) is 5.91 Å². The number of carbonyl (C=O) groups is 1. The van der Waals surface area contributed by atoms with Gasteiger partial charge < -0.3 is 15.0 Å². The number of hydrogen-bond donors (Lipinski definition) is 2. The van der Waals surface area contributed by atoms with E-state index in [1.807, 2.05) is 57.2 Å². The van der Waals surface area contributed by atoms with Crippen LogP contribution >= 0.6 is 0 Å². The van der Waals surface area contributed by atoms with Crippen LogP contribution in [0, 0.1) is 20.8 Å². The monoisotopic (exact) mass is 323 g/mol. The Kier molecular flexibility index (Phi) is 4.36. The number of aromatic nitrogens is 2. The van der Waals surface area contributed by atoms with Crippen molar-refractivity contribution in [2.24, 2.45) is 0 Å². The van der Waals surface area contributed by atoms with Crippen molar-refractivity contribution in [1.29, 1.82) is 0 Å². The average molecular weight is 323 g/mol. The number of anilines is 1. The number of imidazole rings is 1. The number of fused-ring (bicyclic) bond motifs is 1. The van der Waals surface area contributed by atoms with Crippen molar-refractivity contribution in [3.05, 3.63) is 58.9 Å². The molecule has 0 unspecified atom stereocenters. The third-order valence-corrected chi connectivity index (χ3v) is 4.12. The number of hydrogen-bond acceptors (Lipinski definition) is 3. The number of benzene rings is 2. The summed E-state index contributed by atoms with van der Waals surface area (Å²) < 4.78 is 1.75. The Morgan fingerprint density at radius 1 is 1.17 bits per heavy atom. The summed E-state index contributed by atoms with van der Waals surface area (Å²) in [5.74, 6) is 0.353. The first kappa shape index (κ1) is 16.2. The Hall–Kier alpha value is -2.66. The lowest BCUT2D eigenvalue weighted by Crippen LogP contribution is -2.21. The fourth-order valence-corrected chi connectivity index (χ4v) is 3.12. The number of carbonyl (C=O) groups excluding carboxylic acids is 1. The molecular weight excluding hydrogens is 302 g/mol. The van der Waals surface area contributed by atoms with Gasteiger partial charge in [0, 0.05) is 5.69 Å². The van der Waals surface area contributed by atoms with Crippen molar-refractivity contribution in [3.8, 4) is 0 Å². The van der Waals surface area contributed by atoms with Crippen LogP contribution in [0.5, 0.6) is 0 Å². The van der Waals surface area contributed by atoms with Crippen LogP contribution in [0.2, 0.25) is 0 Å². The van der Waals surface area contributed by atoms with Crippen LogP contribution in [0.3, 0.4) is 0 Å². The summed E-state index contributed by atoms with van der Waals surface area (Å²) in [7, 11) is 0. The number of rotatable bonds is 4. The number of nitrogens with one attached hydrogen (secondary N) is 1. The highest BCUT2D eigenvalue weighted by atomic mass is 16.3. The minimum atomic E-state index is -0.204. The molecular formula is C19H21N3O2. The molecule has 0 bridgehead atoms. The number of amides is 1. The molecule has 0 saturated carbocycles. The van der Waals surface area contributed by atoms with Gasteiger partial charge in [-0.2, -0.15) is 0 Å². The maximum atomic E-state index is 12.5. The van der Waals surface area contributed by atoms with Crippen molar-refractivity contribution in [2.75, 3.05) is 5.32 Å². The third kappa shape index (κ3) is 3.03. The summed E-state index contributed by atoms with van der Waals surface area (Å²) in [5, 5.41) is 12.5. The van der Waals surface area contributed by atoms with Gasteiger partial charge in [-0.15, -0.1) is 0 Å². The number of aliphatic hydroxyl groups excluding tert-OH is 1. The molecule has 2 aromatic carbocycles. The maximum absolute atomic E-state index is 12.5. The summed E-state index contributed by atoms with van der Waals surface area (Å²) in [4.78, 5) is 16.9. The molecule has 5 heteroatoms. The number of para-hydroxylation sites is 2. The molecule has 0 fully saturated rings. The van der Waals surface area contributed by atoms with E-state index in [4.69, 9.17) is 0 Å². The fraction of sp³-hybridized carbons (Fsp3) is 0.263. The van der Waals surface area contributed by atoms with Crippen LogP contribution < -0.4 is 5.32 Å². The molecule has 3 rings (SSSR count). The minimum absolute atomic E-state index is 0.114. The van der Waals surface area contributed by atoms with E-state index in [-0.39, 0.29) is 19.1 Å². The van der Waals surface area contributed by atoms with Crippen LogP contribution in [-0.4, -0.2) is 20.6 Å². The summed E-state index contributed by atoms with van der Waals surface area (Å²) in [6.07, 6.45) is 0. The molecule has 0 spiro atoms. The van der Waals surface area contributed by atoms with Crippen LogP contribution in [-0.2, 0) is 17.9 Å². The van der Waals surface area contributed by atoms with Crippen LogP contribution in [0.25, 0.3) is 11.0 Å². The highest BCUT2D eigenvalue weighted by Gasteiger charge is 2.14. The molecule has 0 radical (unpaired) electrons. The Labute approximate surface area is 141 Å². The molecule has 5 nitrogen and oxygen atoms in total. The van der Waals surface area contributed by atoms with Gasteiger partial charge in [0.25, 0.3) is 0 Å². The van der Waals surface area contributed by atoms with Crippen molar-refractivity contribution in [2.45, 2.75) is 33.9 Å². The van der Waals surface area contributed by atoms with E-state index in [0.29, 0.717) is 5.82 Å². The molecule has 2 N–H and O–H groups in total. The Balaban J connectivity index is 1.88. The van der Waals surface area contributed by atoms with Gasteiger partial charge in [-0.05, 0) is 44.0 Å². The quantitative estimate of drug-likeness (QED) is 0.775. The van der Waals surface area contributed by atoms with Crippen LogP contribution in [0.15, 0.2) is 36.4 Å². The fourth-order valence-electron chi connectivity index (χ4n) is 3.12. The van der Waals surface area contributed by atoms with Crippen molar-refractivity contribution in [1.82, 2.24) is 9.55 Å². The van der Waals surface area contributed by atoms with E-state index in [1.165, 1.54) is 5.56 Å². The maximum Gasteiger partial charge on any atom is 0.244 e.